The Hall–Kier alpha value is -3.20. The highest BCUT2D eigenvalue weighted by molar-refractivity contribution is 7.13. The maximum absolute atomic E-state index is 12.0. The van der Waals surface area contributed by atoms with Crippen LogP contribution in [0.2, 0.25) is 0 Å². The fraction of sp³-hybridized carbons (Fsp3) is 0.222. The van der Waals surface area contributed by atoms with Crippen LogP contribution in [0.1, 0.15) is 27.8 Å². The Morgan fingerprint density at radius 3 is 2.89 bits per heavy atom. The van der Waals surface area contributed by atoms with Gasteiger partial charge >= 0.3 is 5.97 Å². The predicted octanol–water partition coefficient (Wildman–Crippen LogP) is 2.29. The zero-order chi connectivity index (χ0) is 19.6. The van der Waals surface area contributed by atoms with Crippen molar-refractivity contribution in [3.63, 3.8) is 0 Å². The largest absolute Gasteiger partial charge is 0.451 e. The molecule has 1 aromatic heterocycles. The lowest BCUT2D eigenvalue weighted by Crippen LogP contribution is -2.23. The van der Waals surface area contributed by atoms with E-state index in [2.05, 4.69) is 27.5 Å². The molecule has 2 aromatic rings. The number of rotatable bonds is 9. The molecule has 0 saturated carbocycles. The Morgan fingerprint density at radius 1 is 1.33 bits per heavy atom. The quantitative estimate of drug-likeness (QED) is 0.449. The summed E-state index contributed by atoms with van der Waals surface area (Å²) in [5.74, 6) is -1.44. The second-order valence-corrected chi connectivity index (χ2v) is 6.13. The molecule has 0 aliphatic rings. The Balaban J connectivity index is 1.86. The number of esters is 1. The van der Waals surface area contributed by atoms with Crippen molar-refractivity contribution in [2.45, 2.75) is 6.92 Å². The third-order valence-corrected chi connectivity index (χ3v) is 3.99. The van der Waals surface area contributed by atoms with Crippen LogP contribution >= 0.6 is 11.3 Å². The number of carbonyl (C=O) groups excluding carboxylic acids is 3. The van der Waals surface area contributed by atoms with Gasteiger partial charge in [-0.25, -0.2) is 9.78 Å². The van der Waals surface area contributed by atoms with Crippen molar-refractivity contribution in [3.8, 4) is 0 Å². The average molecular weight is 388 g/mol. The van der Waals surface area contributed by atoms with Crippen molar-refractivity contribution >= 4 is 39.9 Å². The van der Waals surface area contributed by atoms with E-state index >= 15 is 0 Å². The fourth-order valence-corrected chi connectivity index (χ4v) is 2.70. The molecule has 1 heterocycles. The molecule has 0 unspecified atom stereocenters. The molecule has 0 saturated heterocycles. The molecule has 8 nitrogen and oxygen atoms in total. The molecule has 0 atom stereocenters. The highest BCUT2D eigenvalue weighted by Crippen LogP contribution is 2.16. The summed E-state index contributed by atoms with van der Waals surface area (Å²) in [6.45, 7) is 5.97. The Bertz CT molecular complexity index is 834. The van der Waals surface area contributed by atoms with Gasteiger partial charge < -0.3 is 20.7 Å². The number of nitrogens with one attached hydrogen (secondary N) is 3. The summed E-state index contributed by atoms with van der Waals surface area (Å²) in [6, 6.07) is 6.48. The van der Waals surface area contributed by atoms with Gasteiger partial charge in [-0.3, -0.25) is 9.59 Å². The zero-order valence-electron chi connectivity index (χ0n) is 14.8. The van der Waals surface area contributed by atoms with Crippen molar-refractivity contribution in [2.24, 2.45) is 0 Å². The summed E-state index contributed by atoms with van der Waals surface area (Å²) in [5, 5.41) is 10.3. The molecule has 2 rings (SSSR count). The first kappa shape index (κ1) is 20.1. The van der Waals surface area contributed by atoms with E-state index in [4.69, 9.17) is 4.74 Å². The second-order valence-electron chi connectivity index (χ2n) is 5.27. The minimum absolute atomic E-state index is 0.123. The number of benzene rings is 1. The van der Waals surface area contributed by atoms with Crippen LogP contribution in [0.3, 0.4) is 0 Å². The molecule has 0 spiro atoms. The summed E-state index contributed by atoms with van der Waals surface area (Å²) in [6.07, 6.45) is 1.67. The SMILES string of the molecule is C=CCNc1nc(C(=O)OCC(=O)Nc2cccc(C(=O)NCC)c2)cs1. The number of thiazole rings is 1. The lowest BCUT2D eigenvalue weighted by Gasteiger charge is -2.08. The molecule has 1 aromatic carbocycles. The van der Waals surface area contributed by atoms with E-state index < -0.39 is 18.5 Å². The standard InChI is InChI=1S/C18H20N4O4S/c1-3-8-20-18-22-14(11-27-18)17(25)26-10-15(23)21-13-7-5-6-12(9-13)16(24)19-4-2/h3,5-7,9,11H,1,4,8,10H2,2H3,(H,19,24)(H,20,22)(H,21,23). The minimum Gasteiger partial charge on any atom is -0.451 e. The summed E-state index contributed by atoms with van der Waals surface area (Å²) in [5.41, 5.74) is 0.982. The van der Waals surface area contributed by atoms with Crippen LogP contribution < -0.4 is 16.0 Å². The molecule has 3 N–H and O–H groups in total. The third kappa shape index (κ3) is 6.23. The van der Waals surface area contributed by atoms with Crippen LogP contribution in [0.25, 0.3) is 0 Å². The highest BCUT2D eigenvalue weighted by atomic mass is 32.1. The maximum atomic E-state index is 12.0. The monoisotopic (exact) mass is 388 g/mol. The third-order valence-electron chi connectivity index (χ3n) is 3.19. The topological polar surface area (TPSA) is 109 Å². The van der Waals surface area contributed by atoms with Crippen molar-refractivity contribution in [3.05, 3.63) is 53.6 Å². The van der Waals surface area contributed by atoms with Crippen LogP contribution in [-0.2, 0) is 9.53 Å². The van der Waals surface area contributed by atoms with Gasteiger partial charge in [-0.1, -0.05) is 12.1 Å². The van der Waals surface area contributed by atoms with E-state index in [1.54, 1.807) is 35.7 Å². The number of hydrogen-bond acceptors (Lipinski definition) is 7. The van der Waals surface area contributed by atoms with E-state index in [0.717, 1.165) is 0 Å². The number of anilines is 2. The Labute approximate surface area is 160 Å². The molecule has 0 aliphatic carbocycles. The number of hydrogen-bond donors (Lipinski definition) is 3. The molecular formula is C18H20N4O4S. The molecular weight excluding hydrogens is 368 g/mol. The van der Waals surface area contributed by atoms with Gasteiger partial charge in [0.05, 0.1) is 0 Å². The molecule has 142 valence electrons. The number of amides is 2. The lowest BCUT2D eigenvalue weighted by molar-refractivity contribution is -0.119. The number of nitrogens with zero attached hydrogens (tertiary/aromatic N) is 1. The zero-order valence-corrected chi connectivity index (χ0v) is 15.6. The molecule has 0 aliphatic heterocycles. The average Bonchev–Trinajstić information content (AvgIpc) is 3.14. The van der Waals surface area contributed by atoms with Crippen molar-refractivity contribution in [1.29, 1.82) is 0 Å². The van der Waals surface area contributed by atoms with Crippen LogP contribution in [0.15, 0.2) is 42.3 Å². The van der Waals surface area contributed by atoms with E-state index in [9.17, 15) is 14.4 Å². The number of carbonyl (C=O) groups is 3. The van der Waals surface area contributed by atoms with Crippen molar-refractivity contribution in [2.75, 3.05) is 30.3 Å². The van der Waals surface area contributed by atoms with Gasteiger partial charge in [0.25, 0.3) is 11.8 Å². The van der Waals surface area contributed by atoms with E-state index in [1.165, 1.54) is 11.3 Å². The fourth-order valence-electron chi connectivity index (χ4n) is 2.01. The van der Waals surface area contributed by atoms with E-state index in [-0.39, 0.29) is 11.6 Å². The van der Waals surface area contributed by atoms with Gasteiger partial charge in [-0.05, 0) is 25.1 Å². The molecule has 0 radical (unpaired) electrons. The van der Waals surface area contributed by atoms with Gasteiger partial charge in [-0.2, -0.15) is 0 Å². The van der Waals surface area contributed by atoms with Crippen LogP contribution in [-0.4, -0.2) is 42.5 Å². The van der Waals surface area contributed by atoms with E-state index in [1.807, 2.05) is 6.92 Å². The molecule has 9 heteroatoms. The van der Waals surface area contributed by atoms with Crippen LogP contribution in [0.5, 0.6) is 0 Å². The summed E-state index contributed by atoms with van der Waals surface area (Å²) in [4.78, 5) is 39.8. The van der Waals surface area contributed by atoms with E-state index in [0.29, 0.717) is 29.5 Å². The summed E-state index contributed by atoms with van der Waals surface area (Å²) in [7, 11) is 0. The highest BCUT2D eigenvalue weighted by Gasteiger charge is 2.14. The van der Waals surface area contributed by atoms with Crippen molar-refractivity contribution < 1.29 is 19.1 Å². The minimum atomic E-state index is -0.691. The van der Waals surface area contributed by atoms with Gasteiger partial charge in [0.1, 0.15) is 0 Å². The first-order valence-corrected chi connectivity index (χ1v) is 9.07. The lowest BCUT2D eigenvalue weighted by atomic mass is 10.2. The Kier molecular flexibility index (Phi) is 7.50. The molecule has 0 fully saturated rings. The number of ether oxygens (including phenoxy) is 1. The van der Waals surface area contributed by atoms with Gasteiger partial charge in [0, 0.05) is 29.7 Å². The normalized spacial score (nSPS) is 9.96. The maximum Gasteiger partial charge on any atom is 0.358 e. The number of aromatic nitrogens is 1. The summed E-state index contributed by atoms with van der Waals surface area (Å²) < 4.78 is 4.96. The van der Waals surface area contributed by atoms with Crippen molar-refractivity contribution in [1.82, 2.24) is 10.3 Å². The molecule has 27 heavy (non-hydrogen) atoms. The smallest absolute Gasteiger partial charge is 0.358 e. The first-order chi connectivity index (χ1) is 13.0. The molecule has 0 bridgehead atoms. The second kappa shape index (κ2) is 10.1. The summed E-state index contributed by atoms with van der Waals surface area (Å²) >= 11 is 1.25. The van der Waals surface area contributed by atoms with Gasteiger partial charge in [0.2, 0.25) is 0 Å². The Morgan fingerprint density at radius 2 is 2.15 bits per heavy atom. The van der Waals surface area contributed by atoms with Crippen LogP contribution in [0.4, 0.5) is 10.8 Å². The van der Waals surface area contributed by atoms with Crippen LogP contribution in [0, 0.1) is 0 Å². The molecule has 2 amide bonds. The van der Waals surface area contributed by atoms with Gasteiger partial charge in [-0.15, -0.1) is 17.9 Å². The predicted molar refractivity (Wildman–Crippen MR) is 104 cm³/mol. The van der Waals surface area contributed by atoms with Gasteiger partial charge in [0.15, 0.2) is 17.4 Å². The first-order valence-electron chi connectivity index (χ1n) is 8.19.